The number of hydrogen-bond donors (Lipinski definition) is 1. The van der Waals surface area contributed by atoms with Gasteiger partial charge in [0.1, 0.15) is 5.75 Å². The monoisotopic (exact) mass is 444 g/mol. The first-order chi connectivity index (χ1) is 14.3. The van der Waals surface area contributed by atoms with Crippen LogP contribution in [0.2, 0.25) is 5.02 Å². The van der Waals surface area contributed by atoms with Crippen LogP contribution in [0.3, 0.4) is 0 Å². The third-order valence-corrected chi connectivity index (χ3v) is 6.63. The van der Waals surface area contributed by atoms with Crippen molar-refractivity contribution >= 4 is 38.9 Å². The van der Waals surface area contributed by atoms with Crippen LogP contribution in [0.5, 0.6) is 5.75 Å². The van der Waals surface area contributed by atoms with E-state index < -0.39 is 10.0 Å². The van der Waals surface area contributed by atoms with E-state index in [1.165, 1.54) is 11.4 Å². The predicted molar refractivity (Wildman–Crippen MR) is 119 cm³/mol. The third kappa shape index (κ3) is 5.11. The second kappa shape index (κ2) is 9.19. The van der Waals surface area contributed by atoms with Gasteiger partial charge in [0.2, 0.25) is 0 Å². The second-order valence-electron chi connectivity index (χ2n) is 6.58. The number of benzene rings is 3. The lowest BCUT2D eigenvalue weighted by atomic mass is 10.2. The fourth-order valence-electron chi connectivity index (χ4n) is 2.66. The number of sulfonamides is 1. The maximum absolute atomic E-state index is 12.7. The molecule has 0 atom stereocenters. The van der Waals surface area contributed by atoms with Gasteiger partial charge >= 0.3 is 0 Å². The van der Waals surface area contributed by atoms with Crippen molar-refractivity contribution in [1.82, 2.24) is 0 Å². The molecule has 0 saturated carbocycles. The summed E-state index contributed by atoms with van der Waals surface area (Å²) in [6.07, 6.45) is 0. The molecule has 156 valence electrons. The van der Waals surface area contributed by atoms with Gasteiger partial charge in [0.25, 0.3) is 15.9 Å². The Morgan fingerprint density at radius 1 is 1.03 bits per heavy atom. The van der Waals surface area contributed by atoms with Gasteiger partial charge < -0.3 is 10.1 Å². The van der Waals surface area contributed by atoms with Gasteiger partial charge in [-0.2, -0.15) is 0 Å². The van der Waals surface area contributed by atoms with Crippen LogP contribution in [0.15, 0.2) is 77.7 Å². The van der Waals surface area contributed by atoms with Crippen LogP contribution in [0.1, 0.15) is 5.56 Å². The van der Waals surface area contributed by atoms with E-state index in [-0.39, 0.29) is 17.4 Å². The van der Waals surface area contributed by atoms with Crippen LogP contribution in [0.4, 0.5) is 11.4 Å². The fourth-order valence-corrected chi connectivity index (χ4v) is 4.06. The van der Waals surface area contributed by atoms with Crippen molar-refractivity contribution in [3.63, 3.8) is 0 Å². The first-order valence-electron chi connectivity index (χ1n) is 9.10. The molecular formula is C22H21ClN2O4S. The Bertz CT molecular complexity index is 1130. The highest BCUT2D eigenvalue weighted by Gasteiger charge is 2.20. The van der Waals surface area contributed by atoms with Crippen LogP contribution in [0.25, 0.3) is 0 Å². The Morgan fingerprint density at radius 2 is 1.70 bits per heavy atom. The predicted octanol–water partition coefficient (Wildman–Crippen LogP) is 4.49. The second-order valence-corrected chi connectivity index (χ2v) is 8.96. The first-order valence-corrected chi connectivity index (χ1v) is 10.9. The van der Waals surface area contributed by atoms with Crippen LogP contribution < -0.4 is 14.4 Å². The molecule has 0 aliphatic carbocycles. The summed E-state index contributed by atoms with van der Waals surface area (Å²) in [5, 5.41) is 3.28. The number of carbonyl (C=O) groups is 1. The fraction of sp³-hybridized carbons (Fsp3) is 0.136. The average molecular weight is 445 g/mol. The van der Waals surface area contributed by atoms with Crippen molar-refractivity contribution in [3.05, 3.63) is 83.4 Å². The molecule has 3 aromatic rings. The van der Waals surface area contributed by atoms with Crippen molar-refractivity contribution < 1.29 is 17.9 Å². The van der Waals surface area contributed by atoms with Crippen LogP contribution >= 0.6 is 11.6 Å². The lowest BCUT2D eigenvalue weighted by molar-refractivity contribution is -0.118. The van der Waals surface area contributed by atoms with Gasteiger partial charge in [0, 0.05) is 17.8 Å². The zero-order valence-electron chi connectivity index (χ0n) is 16.5. The molecule has 0 saturated heterocycles. The highest BCUT2D eigenvalue weighted by molar-refractivity contribution is 7.92. The number of hydrogen-bond acceptors (Lipinski definition) is 4. The number of rotatable bonds is 7. The molecule has 0 heterocycles. The van der Waals surface area contributed by atoms with Gasteiger partial charge in [-0.1, -0.05) is 35.9 Å². The lowest BCUT2D eigenvalue weighted by Gasteiger charge is -2.19. The summed E-state index contributed by atoms with van der Waals surface area (Å²) in [7, 11) is -2.17. The van der Waals surface area contributed by atoms with E-state index in [4.69, 9.17) is 16.3 Å². The summed E-state index contributed by atoms with van der Waals surface area (Å²) in [5.41, 5.74) is 1.98. The lowest BCUT2D eigenvalue weighted by Crippen LogP contribution is -2.26. The standard InChI is InChI=1S/C22H21ClN2O4S/c1-16-8-9-17(14-21(16)23)24-22(26)15-29-19-12-10-18(11-13-19)25(2)30(27,28)20-6-4-3-5-7-20/h3-14H,15H2,1-2H3,(H,24,26). The Hall–Kier alpha value is -3.03. The van der Waals surface area contributed by atoms with Crippen molar-refractivity contribution in [2.45, 2.75) is 11.8 Å². The quantitative estimate of drug-likeness (QED) is 0.582. The van der Waals surface area contributed by atoms with Crippen molar-refractivity contribution in [2.24, 2.45) is 0 Å². The molecule has 1 amide bonds. The van der Waals surface area contributed by atoms with Crippen molar-refractivity contribution in [1.29, 1.82) is 0 Å². The van der Waals surface area contributed by atoms with Crippen molar-refractivity contribution in [3.8, 4) is 5.75 Å². The molecule has 0 unspecified atom stereocenters. The highest BCUT2D eigenvalue weighted by atomic mass is 35.5. The van der Waals surface area contributed by atoms with Gasteiger partial charge in [-0.25, -0.2) is 8.42 Å². The minimum Gasteiger partial charge on any atom is -0.484 e. The van der Waals surface area contributed by atoms with E-state index in [1.807, 2.05) is 13.0 Å². The molecule has 6 nitrogen and oxygen atoms in total. The maximum atomic E-state index is 12.7. The summed E-state index contributed by atoms with van der Waals surface area (Å²) in [5.74, 6) is 0.115. The molecule has 0 bridgehead atoms. The number of nitrogens with one attached hydrogen (secondary N) is 1. The normalized spacial score (nSPS) is 11.0. The summed E-state index contributed by atoms with van der Waals surface area (Å²) in [6, 6.07) is 19.9. The van der Waals surface area contributed by atoms with Crippen LogP contribution in [0, 0.1) is 6.92 Å². The number of amides is 1. The minimum absolute atomic E-state index is 0.191. The number of aryl methyl sites for hydroxylation is 1. The van der Waals surface area contributed by atoms with E-state index in [0.717, 1.165) is 5.56 Å². The zero-order chi connectivity index (χ0) is 21.7. The van der Waals surface area contributed by atoms with Gasteiger partial charge in [0.05, 0.1) is 10.6 Å². The number of nitrogens with zero attached hydrogens (tertiary/aromatic N) is 1. The van der Waals surface area contributed by atoms with Gasteiger partial charge in [-0.05, 0) is 61.0 Å². The SMILES string of the molecule is Cc1ccc(NC(=O)COc2ccc(N(C)S(=O)(=O)c3ccccc3)cc2)cc1Cl. The Morgan fingerprint density at radius 3 is 2.33 bits per heavy atom. The number of halogens is 1. The molecule has 8 heteroatoms. The van der Waals surface area contributed by atoms with E-state index >= 15 is 0 Å². The van der Waals surface area contributed by atoms with E-state index in [2.05, 4.69) is 5.32 Å². The molecule has 0 spiro atoms. The summed E-state index contributed by atoms with van der Waals surface area (Å²) in [4.78, 5) is 12.3. The molecule has 0 radical (unpaired) electrons. The Kier molecular flexibility index (Phi) is 6.64. The maximum Gasteiger partial charge on any atom is 0.264 e. The van der Waals surface area contributed by atoms with Gasteiger partial charge in [0.15, 0.2) is 6.61 Å². The summed E-state index contributed by atoms with van der Waals surface area (Å²) in [6.45, 7) is 1.69. The van der Waals surface area contributed by atoms with Gasteiger partial charge in [-0.15, -0.1) is 0 Å². The van der Waals surface area contributed by atoms with Crippen LogP contribution in [-0.4, -0.2) is 28.0 Å². The summed E-state index contributed by atoms with van der Waals surface area (Å²) < 4.78 is 32.0. The molecule has 0 aliphatic rings. The van der Waals surface area contributed by atoms with E-state index in [0.29, 0.717) is 22.1 Å². The highest BCUT2D eigenvalue weighted by Crippen LogP contribution is 2.24. The number of anilines is 2. The van der Waals surface area contributed by atoms with Crippen LogP contribution in [-0.2, 0) is 14.8 Å². The summed E-state index contributed by atoms with van der Waals surface area (Å²) >= 11 is 6.05. The topological polar surface area (TPSA) is 75.7 Å². The molecule has 0 aromatic heterocycles. The van der Waals surface area contributed by atoms with Crippen molar-refractivity contribution in [2.75, 3.05) is 23.3 Å². The van der Waals surface area contributed by atoms with E-state index in [9.17, 15) is 13.2 Å². The number of ether oxygens (including phenoxy) is 1. The molecular weight excluding hydrogens is 424 g/mol. The molecule has 0 fully saturated rings. The Balaban J connectivity index is 1.60. The smallest absolute Gasteiger partial charge is 0.264 e. The molecule has 30 heavy (non-hydrogen) atoms. The molecule has 3 rings (SSSR count). The zero-order valence-corrected chi connectivity index (χ0v) is 18.1. The molecule has 1 N–H and O–H groups in total. The Labute approximate surface area is 181 Å². The largest absolute Gasteiger partial charge is 0.484 e. The molecule has 0 aliphatic heterocycles. The average Bonchev–Trinajstić information content (AvgIpc) is 2.75. The first kappa shape index (κ1) is 21.7. The van der Waals surface area contributed by atoms with E-state index in [1.54, 1.807) is 66.7 Å². The molecule has 3 aromatic carbocycles. The number of carbonyl (C=O) groups excluding carboxylic acids is 1. The third-order valence-electron chi connectivity index (χ3n) is 4.43. The van der Waals surface area contributed by atoms with Gasteiger partial charge in [-0.3, -0.25) is 9.10 Å². The minimum atomic E-state index is -3.65.